The molecule has 1 heterocycles. The minimum absolute atomic E-state index is 0.00804. The van der Waals surface area contributed by atoms with Crippen LogP contribution in [0.4, 0.5) is 14.5 Å². The standard InChI is InChI=1S/C20H20F2N2O5/c1-10(24-18(26)13-5-3-4-6-14(13)19(24)27)20(28)29-11(2)17(25)23-12-7-8-15(21)16(22)9-12/h3-4,7-11,13-14H,5-6H2,1-2H3,(H,23,25)/t10-,11-,13-,14+/m0/s1. The number of nitrogens with zero attached hydrogens (tertiary/aromatic N) is 1. The average Bonchev–Trinajstić information content (AvgIpc) is 2.95. The molecule has 1 N–H and O–H groups in total. The zero-order valence-corrected chi connectivity index (χ0v) is 15.9. The van der Waals surface area contributed by atoms with E-state index in [-0.39, 0.29) is 5.69 Å². The van der Waals surface area contributed by atoms with Crippen molar-refractivity contribution < 1.29 is 32.7 Å². The second kappa shape index (κ2) is 8.10. The number of fused-ring (bicyclic) bond motifs is 1. The summed E-state index contributed by atoms with van der Waals surface area (Å²) in [6, 6.07) is 1.62. The number of hydrogen-bond donors (Lipinski definition) is 1. The number of imide groups is 1. The van der Waals surface area contributed by atoms with E-state index in [1.54, 1.807) is 0 Å². The molecule has 0 unspecified atom stereocenters. The van der Waals surface area contributed by atoms with Crippen LogP contribution in [0, 0.1) is 23.5 Å². The molecule has 1 saturated heterocycles. The smallest absolute Gasteiger partial charge is 0.329 e. The number of nitrogens with one attached hydrogen (secondary N) is 1. The highest BCUT2D eigenvalue weighted by Crippen LogP contribution is 2.36. The predicted octanol–water partition coefficient (Wildman–Crippen LogP) is 2.17. The molecule has 7 nitrogen and oxygen atoms in total. The minimum atomic E-state index is -1.28. The summed E-state index contributed by atoms with van der Waals surface area (Å²) in [7, 11) is 0. The first-order valence-electron chi connectivity index (χ1n) is 9.19. The summed E-state index contributed by atoms with van der Waals surface area (Å²) in [6.07, 6.45) is 3.28. The molecule has 1 aliphatic carbocycles. The van der Waals surface area contributed by atoms with Gasteiger partial charge in [-0.3, -0.25) is 19.3 Å². The van der Waals surface area contributed by atoms with E-state index in [4.69, 9.17) is 4.74 Å². The zero-order valence-electron chi connectivity index (χ0n) is 15.9. The molecule has 154 valence electrons. The van der Waals surface area contributed by atoms with Gasteiger partial charge >= 0.3 is 5.97 Å². The molecule has 0 saturated carbocycles. The number of anilines is 1. The van der Waals surface area contributed by atoms with Crippen molar-refractivity contribution in [3.05, 3.63) is 42.0 Å². The summed E-state index contributed by atoms with van der Waals surface area (Å²) >= 11 is 0. The fourth-order valence-electron chi connectivity index (χ4n) is 3.46. The Bertz CT molecular complexity index is 875. The number of ether oxygens (including phenoxy) is 1. The van der Waals surface area contributed by atoms with E-state index in [9.17, 15) is 28.0 Å². The van der Waals surface area contributed by atoms with Crippen LogP contribution < -0.4 is 5.32 Å². The number of carbonyl (C=O) groups is 4. The van der Waals surface area contributed by atoms with E-state index >= 15 is 0 Å². The van der Waals surface area contributed by atoms with Gasteiger partial charge in [0.1, 0.15) is 6.04 Å². The molecular formula is C20H20F2N2O5. The zero-order chi connectivity index (χ0) is 21.3. The van der Waals surface area contributed by atoms with Crippen molar-refractivity contribution in [1.29, 1.82) is 0 Å². The van der Waals surface area contributed by atoms with Gasteiger partial charge in [0.2, 0.25) is 11.8 Å². The lowest BCUT2D eigenvalue weighted by Crippen LogP contribution is -2.46. The third-order valence-electron chi connectivity index (χ3n) is 5.12. The van der Waals surface area contributed by atoms with Crippen LogP contribution in [0.5, 0.6) is 0 Å². The van der Waals surface area contributed by atoms with Crippen LogP contribution in [0.25, 0.3) is 0 Å². The molecule has 1 fully saturated rings. The second-order valence-electron chi connectivity index (χ2n) is 7.08. The SMILES string of the molecule is C[C@H](OC(=O)[C@H](C)N1C(=O)[C@H]2CC=CC[C@H]2C1=O)C(=O)Nc1ccc(F)c(F)c1. The van der Waals surface area contributed by atoms with E-state index in [0.29, 0.717) is 12.8 Å². The number of likely N-dealkylation sites (tertiary alicyclic amines) is 1. The van der Waals surface area contributed by atoms with Crippen LogP contribution in [0.1, 0.15) is 26.7 Å². The first-order valence-corrected chi connectivity index (χ1v) is 9.19. The summed E-state index contributed by atoms with van der Waals surface area (Å²) in [4.78, 5) is 50.6. The monoisotopic (exact) mass is 406 g/mol. The van der Waals surface area contributed by atoms with Gasteiger partial charge in [-0.1, -0.05) is 12.2 Å². The summed E-state index contributed by atoms with van der Waals surface area (Å²) < 4.78 is 31.3. The number of esters is 1. The molecule has 1 aromatic carbocycles. The fourth-order valence-corrected chi connectivity index (χ4v) is 3.46. The second-order valence-corrected chi connectivity index (χ2v) is 7.08. The highest BCUT2D eigenvalue weighted by molar-refractivity contribution is 6.08. The van der Waals surface area contributed by atoms with Crippen LogP contribution in [-0.4, -0.2) is 40.7 Å². The van der Waals surface area contributed by atoms with Crippen LogP contribution in [0.2, 0.25) is 0 Å². The Balaban J connectivity index is 1.61. The van der Waals surface area contributed by atoms with Gasteiger partial charge in [0.25, 0.3) is 5.91 Å². The van der Waals surface area contributed by atoms with E-state index in [1.165, 1.54) is 13.8 Å². The quantitative estimate of drug-likeness (QED) is 0.460. The predicted molar refractivity (Wildman–Crippen MR) is 97.2 cm³/mol. The minimum Gasteiger partial charge on any atom is -0.451 e. The first-order chi connectivity index (χ1) is 13.7. The topological polar surface area (TPSA) is 92.8 Å². The van der Waals surface area contributed by atoms with Crippen molar-refractivity contribution >= 4 is 29.4 Å². The van der Waals surface area contributed by atoms with E-state index in [1.807, 2.05) is 12.2 Å². The molecule has 0 aromatic heterocycles. The van der Waals surface area contributed by atoms with Gasteiger partial charge in [-0.15, -0.1) is 0 Å². The van der Waals surface area contributed by atoms with Crippen molar-refractivity contribution in [3.8, 4) is 0 Å². The first kappa shape index (κ1) is 20.6. The highest BCUT2D eigenvalue weighted by Gasteiger charge is 2.50. The molecule has 4 atom stereocenters. The molecule has 0 radical (unpaired) electrons. The van der Waals surface area contributed by atoms with Gasteiger partial charge in [0.15, 0.2) is 17.7 Å². The average molecular weight is 406 g/mol. The van der Waals surface area contributed by atoms with Crippen molar-refractivity contribution in [2.45, 2.75) is 38.8 Å². The maximum Gasteiger partial charge on any atom is 0.329 e. The van der Waals surface area contributed by atoms with Gasteiger partial charge in [-0.25, -0.2) is 13.6 Å². The molecule has 2 aliphatic rings. The Morgan fingerprint density at radius 1 is 1.07 bits per heavy atom. The Kier molecular flexibility index (Phi) is 5.76. The number of rotatable bonds is 5. The van der Waals surface area contributed by atoms with Crippen molar-refractivity contribution in [2.75, 3.05) is 5.32 Å². The fraction of sp³-hybridized carbons (Fsp3) is 0.400. The molecule has 9 heteroatoms. The number of carbonyl (C=O) groups excluding carboxylic acids is 4. The third-order valence-corrected chi connectivity index (χ3v) is 5.12. The molecular weight excluding hydrogens is 386 g/mol. The maximum atomic E-state index is 13.2. The number of amides is 3. The Hall–Kier alpha value is -3.10. The van der Waals surface area contributed by atoms with Gasteiger partial charge in [0.05, 0.1) is 11.8 Å². The van der Waals surface area contributed by atoms with Gasteiger partial charge in [0, 0.05) is 11.8 Å². The summed E-state index contributed by atoms with van der Waals surface area (Å²) in [5, 5.41) is 2.30. The normalized spacial score (nSPS) is 22.8. The number of benzene rings is 1. The van der Waals surface area contributed by atoms with Crippen LogP contribution in [0.3, 0.4) is 0 Å². The molecule has 0 spiro atoms. The van der Waals surface area contributed by atoms with Gasteiger partial charge in [-0.05, 0) is 38.8 Å². The molecule has 3 amide bonds. The Morgan fingerprint density at radius 2 is 1.66 bits per heavy atom. The maximum absolute atomic E-state index is 13.2. The summed E-state index contributed by atoms with van der Waals surface area (Å²) in [6.45, 7) is 2.65. The van der Waals surface area contributed by atoms with Gasteiger partial charge in [-0.2, -0.15) is 0 Å². The molecule has 1 aromatic rings. The van der Waals surface area contributed by atoms with Crippen LogP contribution in [-0.2, 0) is 23.9 Å². The van der Waals surface area contributed by atoms with Gasteiger partial charge < -0.3 is 10.1 Å². The summed E-state index contributed by atoms with van der Waals surface area (Å²) in [5.74, 6) is -5.68. The third kappa shape index (κ3) is 4.03. The molecule has 29 heavy (non-hydrogen) atoms. The lowest BCUT2D eigenvalue weighted by Gasteiger charge is -2.23. The highest BCUT2D eigenvalue weighted by atomic mass is 19.2. The number of allylic oxidation sites excluding steroid dienone is 2. The Morgan fingerprint density at radius 3 is 2.21 bits per heavy atom. The van der Waals surface area contributed by atoms with Crippen molar-refractivity contribution in [1.82, 2.24) is 4.90 Å². The Labute approximate surface area is 165 Å². The molecule has 1 aliphatic heterocycles. The number of halogens is 2. The largest absolute Gasteiger partial charge is 0.451 e. The van der Waals surface area contributed by atoms with E-state index in [0.717, 1.165) is 23.1 Å². The van der Waals surface area contributed by atoms with Crippen LogP contribution in [0.15, 0.2) is 30.4 Å². The van der Waals surface area contributed by atoms with Crippen molar-refractivity contribution in [2.24, 2.45) is 11.8 Å². The summed E-state index contributed by atoms with van der Waals surface area (Å²) in [5.41, 5.74) is -0.00804. The lowest BCUT2D eigenvalue weighted by molar-refractivity contribution is -0.163. The van der Waals surface area contributed by atoms with E-state index < -0.39 is 59.3 Å². The van der Waals surface area contributed by atoms with Crippen molar-refractivity contribution in [3.63, 3.8) is 0 Å². The van der Waals surface area contributed by atoms with Crippen LogP contribution >= 0.6 is 0 Å². The molecule has 3 rings (SSSR count). The number of hydrogen-bond acceptors (Lipinski definition) is 5. The lowest BCUT2D eigenvalue weighted by atomic mass is 9.85. The molecule has 0 bridgehead atoms. The van der Waals surface area contributed by atoms with E-state index in [2.05, 4.69) is 5.32 Å².